The minimum absolute atomic E-state index is 0.167. The van der Waals surface area contributed by atoms with Crippen molar-refractivity contribution >= 4 is 17.2 Å². The molecule has 0 N–H and O–H groups in total. The summed E-state index contributed by atoms with van der Waals surface area (Å²) in [5.74, 6) is 0.167. The molecule has 1 fully saturated rings. The van der Waals surface area contributed by atoms with Crippen LogP contribution in [0.3, 0.4) is 0 Å². The molecule has 18 heavy (non-hydrogen) atoms. The molecule has 0 aromatic carbocycles. The van der Waals surface area contributed by atoms with Gasteiger partial charge in [0, 0.05) is 26.2 Å². The fraction of sp³-hybridized carbons (Fsp3) is 0.692. The molecule has 2 heterocycles. The Kier molecular flexibility index (Phi) is 4.35. The SMILES string of the molecule is CCCc1nc(C)c(C(=O)N2CCN(C)CC2)s1. The van der Waals surface area contributed by atoms with Gasteiger partial charge in [-0.05, 0) is 26.8 Å². The van der Waals surface area contributed by atoms with Crippen LogP contribution < -0.4 is 0 Å². The van der Waals surface area contributed by atoms with Gasteiger partial charge in [-0.1, -0.05) is 6.92 Å². The van der Waals surface area contributed by atoms with E-state index >= 15 is 0 Å². The number of thiazole rings is 1. The number of amides is 1. The second-order valence-electron chi connectivity index (χ2n) is 4.87. The molecule has 0 unspecified atom stereocenters. The minimum atomic E-state index is 0.167. The van der Waals surface area contributed by atoms with E-state index in [1.807, 2.05) is 11.8 Å². The van der Waals surface area contributed by atoms with Gasteiger partial charge in [0.2, 0.25) is 0 Å². The Morgan fingerprint density at radius 2 is 2.00 bits per heavy atom. The molecule has 1 aromatic heterocycles. The monoisotopic (exact) mass is 267 g/mol. The zero-order chi connectivity index (χ0) is 13.1. The predicted octanol–water partition coefficient (Wildman–Crippen LogP) is 1.79. The van der Waals surface area contributed by atoms with Gasteiger partial charge in [-0.2, -0.15) is 0 Å². The van der Waals surface area contributed by atoms with Crippen LogP contribution in [-0.2, 0) is 6.42 Å². The summed E-state index contributed by atoms with van der Waals surface area (Å²) in [6, 6.07) is 0. The quantitative estimate of drug-likeness (QED) is 0.838. The number of likely N-dealkylation sites (N-methyl/N-ethyl adjacent to an activating group) is 1. The van der Waals surface area contributed by atoms with E-state index in [1.165, 1.54) is 0 Å². The topological polar surface area (TPSA) is 36.4 Å². The van der Waals surface area contributed by atoms with Crippen LogP contribution in [-0.4, -0.2) is 53.9 Å². The molecule has 1 aliphatic rings. The van der Waals surface area contributed by atoms with Crippen molar-refractivity contribution < 1.29 is 4.79 Å². The first-order valence-electron chi connectivity index (χ1n) is 6.56. The third kappa shape index (κ3) is 2.90. The van der Waals surface area contributed by atoms with Gasteiger partial charge in [-0.3, -0.25) is 4.79 Å². The number of nitrogens with zero attached hydrogens (tertiary/aromatic N) is 3. The van der Waals surface area contributed by atoms with Gasteiger partial charge in [-0.25, -0.2) is 4.98 Å². The lowest BCUT2D eigenvalue weighted by molar-refractivity contribution is 0.0668. The molecule has 2 rings (SSSR count). The van der Waals surface area contributed by atoms with E-state index in [4.69, 9.17) is 0 Å². The standard InChI is InChI=1S/C13H21N3OS/c1-4-5-11-14-10(2)12(18-11)13(17)16-8-6-15(3)7-9-16/h4-9H2,1-3H3. The number of carbonyl (C=O) groups excluding carboxylic acids is 1. The maximum atomic E-state index is 12.4. The Morgan fingerprint density at radius 1 is 1.33 bits per heavy atom. The van der Waals surface area contributed by atoms with Gasteiger partial charge in [0.1, 0.15) is 4.88 Å². The largest absolute Gasteiger partial charge is 0.335 e. The summed E-state index contributed by atoms with van der Waals surface area (Å²) in [7, 11) is 2.10. The molecule has 0 atom stereocenters. The molecule has 4 nitrogen and oxygen atoms in total. The van der Waals surface area contributed by atoms with E-state index in [0.29, 0.717) is 0 Å². The fourth-order valence-electron chi connectivity index (χ4n) is 2.12. The van der Waals surface area contributed by atoms with Gasteiger partial charge in [0.05, 0.1) is 10.7 Å². The first kappa shape index (κ1) is 13.5. The molecular formula is C13H21N3OS. The predicted molar refractivity (Wildman–Crippen MR) is 74.2 cm³/mol. The first-order chi connectivity index (χ1) is 8.61. The lowest BCUT2D eigenvalue weighted by Crippen LogP contribution is -2.47. The normalized spacial score (nSPS) is 17.2. The summed E-state index contributed by atoms with van der Waals surface area (Å²) >= 11 is 1.57. The number of hydrogen-bond donors (Lipinski definition) is 0. The highest BCUT2D eigenvalue weighted by Crippen LogP contribution is 2.21. The summed E-state index contributed by atoms with van der Waals surface area (Å²) in [5.41, 5.74) is 0.896. The van der Waals surface area contributed by atoms with Gasteiger partial charge >= 0.3 is 0 Å². The van der Waals surface area contributed by atoms with Crippen LogP contribution in [0.5, 0.6) is 0 Å². The van der Waals surface area contributed by atoms with E-state index in [1.54, 1.807) is 11.3 Å². The molecule has 1 aliphatic heterocycles. The number of aromatic nitrogens is 1. The summed E-state index contributed by atoms with van der Waals surface area (Å²) < 4.78 is 0. The van der Waals surface area contributed by atoms with E-state index in [-0.39, 0.29) is 5.91 Å². The number of piperazine rings is 1. The van der Waals surface area contributed by atoms with E-state index < -0.39 is 0 Å². The zero-order valence-electron chi connectivity index (χ0n) is 11.4. The zero-order valence-corrected chi connectivity index (χ0v) is 12.2. The van der Waals surface area contributed by atoms with Crippen molar-refractivity contribution in [1.82, 2.24) is 14.8 Å². The van der Waals surface area contributed by atoms with Crippen molar-refractivity contribution in [3.63, 3.8) is 0 Å². The molecule has 1 amide bonds. The molecule has 0 radical (unpaired) electrons. The van der Waals surface area contributed by atoms with Crippen LogP contribution in [0.15, 0.2) is 0 Å². The van der Waals surface area contributed by atoms with E-state index in [0.717, 1.165) is 54.6 Å². The minimum Gasteiger partial charge on any atom is -0.335 e. The van der Waals surface area contributed by atoms with Crippen molar-refractivity contribution in [2.45, 2.75) is 26.7 Å². The van der Waals surface area contributed by atoms with E-state index in [2.05, 4.69) is 23.9 Å². The summed E-state index contributed by atoms with van der Waals surface area (Å²) in [5, 5.41) is 1.09. The molecule has 1 saturated heterocycles. The smallest absolute Gasteiger partial charge is 0.265 e. The van der Waals surface area contributed by atoms with E-state index in [9.17, 15) is 4.79 Å². The average molecular weight is 267 g/mol. The first-order valence-corrected chi connectivity index (χ1v) is 7.37. The summed E-state index contributed by atoms with van der Waals surface area (Å²) in [6.45, 7) is 7.67. The highest BCUT2D eigenvalue weighted by atomic mass is 32.1. The van der Waals surface area contributed by atoms with Crippen molar-refractivity contribution in [1.29, 1.82) is 0 Å². The fourth-order valence-corrected chi connectivity index (χ4v) is 3.26. The average Bonchev–Trinajstić information content (AvgIpc) is 2.71. The van der Waals surface area contributed by atoms with Crippen molar-refractivity contribution in [3.8, 4) is 0 Å². The molecule has 0 aliphatic carbocycles. The lowest BCUT2D eigenvalue weighted by atomic mass is 10.3. The number of carbonyl (C=O) groups is 1. The number of hydrogen-bond acceptors (Lipinski definition) is 4. The highest BCUT2D eigenvalue weighted by Gasteiger charge is 2.23. The van der Waals surface area contributed by atoms with Crippen LogP contribution in [0.25, 0.3) is 0 Å². The maximum Gasteiger partial charge on any atom is 0.265 e. The number of aryl methyl sites for hydroxylation is 2. The van der Waals surface area contributed by atoms with Crippen LogP contribution in [0.1, 0.15) is 33.7 Å². The van der Waals surface area contributed by atoms with Crippen LogP contribution >= 0.6 is 11.3 Å². The van der Waals surface area contributed by atoms with Gasteiger partial charge in [0.25, 0.3) is 5.91 Å². The Balaban J connectivity index is 2.08. The van der Waals surface area contributed by atoms with Gasteiger partial charge in [-0.15, -0.1) is 11.3 Å². The van der Waals surface area contributed by atoms with Crippen molar-refractivity contribution in [3.05, 3.63) is 15.6 Å². The van der Waals surface area contributed by atoms with Crippen LogP contribution in [0.4, 0.5) is 0 Å². The molecule has 1 aromatic rings. The second kappa shape index (κ2) is 5.80. The Bertz CT molecular complexity index is 422. The molecular weight excluding hydrogens is 246 g/mol. The van der Waals surface area contributed by atoms with Crippen LogP contribution in [0.2, 0.25) is 0 Å². The number of rotatable bonds is 3. The van der Waals surface area contributed by atoms with Crippen molar-refractivity contribution in [2.75, 3.05) is 33.2 Å². The maximum absolute atomic E-state index is 12.4. The third-order valence-corrected chi connectivity index (χ3v) is 4.49. The second-order valence-corrected chi connectivity index (χ2v) is 5.95. The van der Waals surface area contributed by atoms with Gasteiger partial charge < -0.3 is 9.80 Å². The van der Waals surface area contributed by atoms with Crippen molar-refractivity contribution in [2.24, 2.45) is 0 Å². The molecule has 100 valence electrons. The summed E-state index contributed by atoms with van der Waals surface area (Å²) in [4.78, 5) is 22.0. The third-order valence-electron chi connectivity index (χ3n) is 3.29. The lowest BCUT2D eigenvalue weighted by Gasteiger charge is -2.32. The molecule has 0 spiro atoms. The van der Waals surface area contributed by atoms with Crippen LogP contribution in [0, 0.1) is 6.92 Å². The summed E-state index contributed by atoms with van der Waals surface area (Å²) in [6.07, 6.45) is 2.05. The molecule has 0 saturated carbocycles. The Morgan fingerprint density at radius 3 is 2.61 bits per heavy atom. The Hall–Kier alpha value is -0.940. The molecule has 0 bridgehead atoms. The highest BCUT2D eigenvalue weighted by molar-refractivity contribution is 7.13. The Labute approximate surface area is 113 Å². The van der Waals surface area contributed by atoms with Gasteiger partial charge in [0.15, 0.2) is 0 Å². The molecule has 5 heteroatoms.